The molecule has 0 spiro atoms. The number of nitrogens with zero attached hydrogens (tertiary/aromatic N) is 5. The summed E-state index contributed by atoms with van der Waals surface area (Å²) in [6, 6.07) is 10.2. The predicted octanol–water partition coefficient (Wildman–Crippen LogP) is 1.98. The molecule has 4 rings (SSSR count). The molecule has 1 fully saturated rings. The van der Waals surface area contributed by atoms with E-state index in [2.05, 4.69) is 44.6 Å². The van der Waals surface area contributed by atoms with Gasteiger partial charge in [0.2, 0.25) is 0 Å². The Labute approximate surface area is 152 Å². The summed E-state index contributed by atoms with van der Waals surface area (Å²) < 4.78 is 7.36. The maximum absolute atomic E-state index is 5.46. The Hall–Kier alpha value is -2.22. The summed E-state index contributed by atoms with van der Waals surface area (Å²) in [6.45, 7) is 3.57. The van der Waals surface area contributed by atoms with Crippen LogP contribution in [0.25, 0.3) is 11.5 Å². The van der Waals surface area contributed by atoms with Gasteiger partial charge in [0.05, 0.1) is 12.6 Å². The van der Waals surface area contributed by atoms with E-state index in [9.17, 15) is 0 Å². The predicted molar refractivity (Wildman–Crippen MR) is 96.6 cm³/mol. The van der Waals surface area contributed by atoms with Crippen molar-refractivity contribution in [3.05, 3.63) is 54.1 Å². The van der Waals surface area contributed by atoms with Crippen molar-refractivity contribution in [1.29, 1.82) is 0 Å². The normalized spacial score (nSPS) is 18.0. The fourth-order valence-electron chi connectivity index (χ4n) is 2.92. The quantitative estimate of drug-likeness (QED) is 0.767. The highest BCUT2D eigenvalue weighted by Crippen LogP contribution is 2.23. The van der Waals surface area contributed by atoms with Gasteiger partial charge in [0.25, 0.3) is 5.89 Å². The second-order valence-electron chi connectivity index (χ2n) is 6.06. The molecule has 7 nitrogen and oxygen atoms in total. The number of halogens is 1. The molecule has 1 unspecified atom stereocenters. The largest absolute Gasteiger partial charge is 0.334 e. The SMILES string of the molecule is CN1CCNCC1c1noc(-c2ccc(Cn3cccn3)cc2)n1.Cl. The van der Waals surface area contributed by atoms with Gasteiger partial charge in [0.15, 0.2) is 5.82 Å². The molecule has 1 aliphatic rings. The fourth-order valence-corrected chi connectivity index (χ4v) is 2.92. The maximum Gasteiger partial charge on any atom is 0.257 e. The van der Waals surface area contributed by atoms with Gasteiger partial charge < -0.3 is 9.84 Å². The summed E-state index contributed by atoms with van der Waals surface area (Å²) in [5.74, 6) is 1.30. The van der Waals surface area contributed by atoms with E-state index in [0.717, 1.165) is 37.6 Å². The molecule has 1 aliphatic heterocycles. The summed E-state index contributed by atoms with van der Waals surface area (Å²) in [6.07, 6.45) is 3.73. The number of hydrogen-bond acceptors (Lipinski definition) is 6. The van der Waals surface area contributed by atoms with Gasteiger partial charge in [-0.05, 0) is 30.8 Å². The van der Waals surface area contributed by atoms with Crippen LogP contribution < -0.4 is 5.32 Å². The Morgan fingerprint density at radius 1 is 1.28 bits per heavy atom. The first-order valence-electron chi connectivity index (χ1n) is 8.11. The van der Waals surface area contributed by atoms with Crippen LogP contribution in [0.5, 0.6) is 0 Å². The highest BCUT2D eigenvalue weighted by atomic mass is 35.5. The Morgan fingerprint density at radius 2 is 2.12 bits per heavy atom. The number of likely N-dealkylation sites (N-methyl/N-ethyl adjacent to an activating group) is 1. The summed E-state index contributed by atoms with van der Waals surface area (Å²) in [5, 5.41) is 11.8. The number of hydrogen-bond donors (Lipinski definition) is 1. The summed E-state index contributed by atoms with van der Waals surface area (Å²) in [4.78, 5) is 6.83. The maximum atomic E-state index is 5.46. The topological polar surface area (TPSA) is 72.0 Å². The molecule has 25 heavy (non-hydrogen) atoms. The lowest BCUT2D eigenvalue weighted by Gasteiger charge is -2.30. The molecule has 0 amide bonds. The molecule has 1 saturated heterocycles. The molecule has 0 saturated carbocycles. The van der Waals surface area contributed by atoms with Gasteiger partial charge >= 0.3 is 0 Å². The van der Waals surface area contributed by atoms with Crippen molar-refractivity contribution >= 4 is 12.4 Å². The Balaban J connectivity index is 0.00000182. The van der Waals surface area contributed by atoms with Gasteiger partial charge in [0.1, 0.15) is 0 Å². The molecule has 1 atom stereocenters. The molecular weight excluding hydrogens is 340 g/mol. The van der Waals surface area contributed by atoms with Gasteiger partial charge in [-0.1, -0.05) is 17.3 Å². The molecule has 1 aromatic carbocycles. The molecule has 132 valence electrons. The van der Waals surface area contributed by atoms with Gasteiger partial charge in [0, 0.05) is 37.6 Å². The number of aromatic nitrogens is 4. The molecule has 0 aliphatic carbocycles. The van der Waals surface area contributed by atoms with Crippen LogP contribution in [-0.4, -0.2) is 51.5 Å². The van der Waals surface area contributed by atoms with E-state index < -0.39 is 0 Å². The molecular formula is C17H21ClN6O. The van der Waals surface area contributed by atoms with Crippen LogP contribution in [0.4, 0.5) is 0 Å². The minimum atomic E-state index is 0. The van der Waals surface area contributed by atoms with E-state index in [0.29, 0.717) is 5.89 Å². The van der Waals surface area contributed by atoms with Crippen molar-refractivity contribution in [2.45, 2.75) is 12.6 Å². The molecule has 3 aromatic rings. The molecule has 0 radical (unpaired) electrons. The van der Waals surface area contributed by atoms with Crippen molar-refractivity contribution in [3.63, 3.8) is 0 Å². The highest BCUT2D eigenvalue weighted by Gasteiger charge is 2.25. The van der Waals surface area contributed by atoms with Gasteiger partial charge in [-0.15, -0.1) is 12.4 Å². The summed E-state index contributed by atoms with van der Waals surface area (Å²) in [7, 11) is 2.09. The third-order valence-corrected chi connectivity index (χ3v) is 4.36. The highest BCUT2D eigenvalue weighted by molar-refractivity contribution is 5.85. The second-order valence-corrected chi connectivity index (χ2v) is 6.06. The van der Waals surface area contributed by atoms with Crippen LogP contribution >= 0.6 is 12.4 Å². The number of piperazine rings is 1. The minimum absolute atomic E-state index is 0. The molecule has 1 N–H and O–H groups in total. The van der Waals surface area contributed by atoms with Crippen molar-refractivity contribution < 1.29 is 4.52 Å². The average molecular weight is 361 g/mol. The minimum Gasteiger partial charge on any atom is -0.334 e. The van der Waals surface area contributed by atoms with Gasteiger partial charge in [-0.25, -0.2) is 0 Å². The van der Waals surface area contributed by atoms with E-state index in [4.69, 9.17) is 4.52 Å². The van der Waals surface area contributed by atoms with Crippen molar-refractivity contribution in [2.24, 2.45) is 0 Å². The van der Waals surface area contributed by atoms with E-state index >= 15 is 0 Å². The third-order valence-electron chi connectivity index (χ3n) is 4.36. The zero-order valence-corrected chi connectivity index (χ0v) is 14.8. The molecule has 3 heterocycles. The van der Waals surface area contributed by atoms with Gasteiger partial charge in [-0.3, -0.25) is 9.58 Å². The van der Waals surface area contributed by atoms with Crippen molar-refractivity contribution in [1.82, 2.24) is 30.1 Å². The molecule has 0 bridgehead atoms. The second kappa shape index (κ2) is 7.77. The zero-order chi connectivity index (χ0) is 16.4. The van der Waals surface area contributed by atoms with Crippen molar-refractivity contribution in [2.75, 3.05) is 26.7 Å². The third kappa shape index (κ3) is 3.89. The standard InChI is InChI=1S/C17H20N6O.ClH/c1-22-10-8-18-11-15(22)16-20-17(24-21-16)14-5-3-13(4-6-14)12-23-9-2-7-19-23;/h2-7,9,15,18H,8,10-12H2,1H3;1H. The van der Waals surface area contributed by atoms with E-state index in [1.54, 1.807) is 6.20 Å². The van der Waals surface area contributed by atoms with E-state index in [1.165, 1.54) is 5.56 Å². The monoisotopic (exact) mass is 360 g/mol. The Kier molecular flexibility index (Phi) is 5.47. The molecule has 8 heteroatoms. The average Bonchev–Trinajstić information content (AvgIpc) is 3.28. The first-order valence-corrected chi connectivity index (χ1v) is 8.11. The summed E-state index contributed by atoms with van der Waals surface area (Å²) >= 11 is 0. The van der Waals surface area contributed by atoms with Gasteiger partial charge in [-0.2, -0.15) is 10.1 Å². The lowest BCUT2D eigenvalue weighted by molar-refractivity contribution is 0.190. The number of rotatable bonds is 4. The van der Waals surface area contributed by atoms with E-state index in [1.807, 2.05) is 29.1 Å². The van der Waals surface area contributed by atoms with Crippen LogP contribution in [0.2, 0.25) is 0 Å². The van der Waals surface area contributed by atoms with Crippen LogP contribution in [-0.2, 0) is 6.54 Å². The smallest absolute Gasteiger partial charge is 0.257 e. The summed E-state index contributed by atoms with van der Waals surface area (Å²) in [5.41, 5.74) is 2.11. The Bertz CT molecular complexity index is 786. The fraction of sp³-hybridized carbons (Fsp3) is 0.353. The van der Waals surface area contributed by atoms with Crippen LogP contribution in [0, 0.1) is 0 Å². The van der Waals surface area contributed by atoms with Crippen LogP contribution in [0.1, 0.15) is 17.4 Å². The van der Waals surface area contributed by atoms with Crippen LogP contribution in [0.15, 0.2) is 47.2 Å². The first kappa shape index (κ1) is 17.6. The molecule has 2 aromatic heterocycles. The number of benzene rings is 1. The lowest BCUT2D eigenvalue weighted by atomic mass is 10.1. The Morgan fingerprint density at radius 3 is 2.84 bits per heavy atom. The first-order chi connectivity index (χ1) is 11.8. The lowest BCUT2D eigenvalue weighted by Crippen LogP contribution is -2.44. The van der Waals surface area contributed by atoms with Crippen molar-refractivity contribution in [3.8, 4) is 11.5 Å². The number of nitrogens with one attached hydrogen (secondary N) is 1. The zero-order valence-electron chi connectivity index (χ0n) is 14.0. The van der Waals surface area contributed by atoms with E-state index in [-0.39, 0.29) is 18.4 Å². The van der Waals surface area contributed by atoms with Crippen LogP contribution in [0.3, 0.4) is 0 Å².